The number of benzene rings is 1. The van der Waals surface area contributed by atoms with Gasteiger partial charge in [0.1, 0.15) is 0 Å². The molecule has 0 fully saturated rings. The fourth-order valence-electron chi connectivity index (χ4n) is 1.43. The number of methoxy groups -OCH3 is 1. The highest BCUT2D eigenvalue weighted by Gasteiger charge is 2.15. The van der Waals surface area contributed by atoms with Crippen LogP contribution in [0.25, 0.3) is 0 Å². The highest BCUT2D eigenvalue weighted by atomic mass is 16.5. The SMILES string of the molecule is COCc1cccc(NC(=O)C(=O)NC(C)CO)c1. The number of ether oxygens (including phenoxy) is 1. The van der Waals surface area contributed by atoms with E-state index in [1.807, 2.05) is 6.07 Å². The Morgan fingerprint density at radius 2 is 2.11 bits per heavy atom. The van der Waals surface area contributed by atoms with Crippen LogP contribution in [0.4, 0.5) is 5.69 Å². The molecule has 0 heterocycles. The van der Waals surface area contributed by atoms with Gasteiger partial charge in [0.25, 0.3) is 0 Å². The number of amides is 2. The van der Waals surface area contributed by atoms with Gasteiger partial charge in [0.15, 0.2) is 0 Å². The van der Waals surface area contributed by atoms with Crippen LogP contribution in [0.3, 0.4) is 0 Å². The summed E-state index contributed by atoms with van der Waals surface area (Å²) < 4.78 is 4.98. The van der Waals surface area contributed by atoms with E-state index in [1.165, 1.54) is 0 Å². The van der Waals surface area contributed by atoms with Gasteiger partial charge in [0.05, 0.1) is 13.2 Å². The average Bonchev–Trinajstić information content (AvgIpc) is 2.39. The molecule has 0 saturated carbocycles. The number of carbonyl (C=O) groups excluding carboxylic acids is 2. The largest absolute Gasteiger partial charge is 0.394 e. The topological polar surface area (TPSA) is 87.7 Å². The van der Waals surface area contributed by atoms with Crippen molar-refractivity contribution in [3.63, 3.8) is 0 Å². The molecule has 2 amide bonds. The van der Waals surface area contributed by atoms with Gasteiger partial charge in [-0.25, -0.2) is 0 Å². The molecule has 3 N–H and O–H groups in total. The number of aliphatic hydroxyl groups is 1. The summed E-state index contributed by atoms with van der Waals surface area (Å²) in [6.07, 6.45) is 0. The monoisotopic (exact) mass is 266 g/mol. The first kappa shape index (κ1) is 15.1. The minimum Gasteiger partial charge on any atom is -0.394 e. The summed E-state index contributed by atoms with van der Waals surface area (Å²) in [5.74, 6) is -1.55. The molecule has 0 aliphatic rings. The van der Waals surface area contributed by atoms with Crippen LogP contribution in [0, 0.1) is 0 Å². The van der Waals surface area contributed by atoms with Crippen molar-refractivity contribution in [2.24, 2.45) is 0 Å². The summed E-state index contributed by atoms with van der Waals surface area (Å²) in [5, 5.41) is 13.6. The zero-order valence-corrected chi connectivity index (χ0v) is 11.0. The van der Waals surface area contributed by atoms with E-state index in [1.54, 1.807) is 32.2 Å². The molecule has 0 spiro atoms. The van der Waals surface area contributed by atoms with Gasteiger partial charge >= 0.3 is 11.8 Å². The first-order chi connectivity index (χ1) is 9.06. The predicted octanol–water partition coefficient (Wildman–Crippen LogP) is 0.269. The van der Waals surface area contributed by atoms with Gasteiger partial charge in [-0.3, -0.25) is 9.59 Å². The molecule has 1 aromatic carbocycles. The van der Waals surface area contributed by atoms with Crippen LogP contribution in [0.5, 0.6) is 0 Å². The van der Waals surface area contributed by atoms with Crippen LogP contribution in [0.15, 0.2) is 24.3 Å². The molecular weight excluding hydrogens is 248 g/mol. The Kier molecular flexibility index (Phi) is 5.98. The van der Waals surface area contributed by atoms with Gasteiger partial charge in [0, 0.05) is 18.8 Å². The normalized spacial score (nSPS) is 11.7. The third-order valence-corrected chi connectivity index (χ3v) is 2.35. The van der Waals surface area contributed by atoms with Crippen molar-refractivity contribution in [2.45, 2.75) is 19.6 Å². The fourth-order valence-corrected chi connectivity index (χ4v) is 1.43. The highest BCUT2D eigenvalue weighted by Crippen LogP contribution is 2.11. The van der Waals surface area contributed by atoms with Gasteiger partial charge in [-0.2, -0.15) is 0 Å². The molecule has 0 saturated heterocycles. The molecular formula is C13H18N2O4. The molecule has 0 aliphatic carbocycles. The van der Waals surface area contributed by atoms with Gasteiger partial charge in [0.2, 0.25) is 0 Å². The van der Waals surface area contributed by atoms with Crippen molar-refractivity contribution >= 4 is 17.5 Å². The minimum absolute atomic E-state index is 0.220. The van der Waals surface area contributed by atoms with Gasteiger partial charge in [-0.15, -0.1) is 0 Å². The lowest BCUT2D eigenvalue weighted by molar-refractivity contribution is -0.136. The van der Waals surface area contributed by atoms with Crippen molar-refractivity contribution < 1.29 is 19.4 Å². The van der Waals surface area contributed by atoms with Crippen molar-refractivity contribution in [3.8, 4) is 0 Å². The van der Waals surface area contributed by atoms with Crippen LogP contribution < -0.4 is 10.6 Å². The number of hydrogen-bond donors (Lipinski definition) is 3. The number of hydrogen-bond acceptors (Lipinski definition) is 4. The molecule has 6 nitrogen and oxygen atoms in total. The maximum Gasteiger partial charge on any atom is 0.313 e. The van der Waals surface area contributed by atoms with E-state index in [0.717, 1.165) is 5.56 Å². The average molecular weight is 266 g/mol. The van der Waals surface area contributed by atoms with Crippen LogP contribution in [0.1, 0.15) is 12.5 Å². The third kappa shape index (κ3) is 5.07. The molecule has 104 valence electrons. The molecule has 6 heteroatoms. The lowest BCUT2D eigenvalue weighted by Gasteiger charge is -2.11. The predicted molar refractivity (Wildman–Crippen MR) is 70.5 cm³/mol. The molecule has 0 aliphatic heterocycles. The lowest BCUT2D eigenvalue weighted by atomic mass is 10.2. The highest BCUT2D eigenvalue weighted by molar-refractivity contribution is 6.39. The first-order valence-electron chi connectivity index (χ1n) is 5.87. The Hall–Kier alpha value is -1.92. The second kappa shape index (κ2) is 7.50. The minimum atomic E-state index is -0.779. The molecule has 0 bridgehead atoms. The van der Waals surface area contributed by atoms with Gasteiger partial charge in [-0.1, -0.05) is 12.1 Å². The second-order valence-corrected chi connectivity index (χ2v) is 4.14. The molecule has 0 radical (unpaired) electrons. The molecule has 1 unspecified atom stereocenters. The van der Waals surface area contributed by atoms with Gasteiger partial charge < -0.3 is 20.5 Å². The van der Waals surface area contributed by atoms with Gasteiger partial charge in [-0.05, 0) is 24.6 Å². The van der Waals surface area contributed by atoms with Crippen molar-refractivity contribution in [3.05, 3.63) is 29.8 Å². The summed E-state index contributed by atoms with van der Waals surface area (Å²) in [6, 6.07) is 6.56. The molecule has 1 atom stereocenters. The van der Waals surface area contributed by atoms with Crippen LogP contribution in [0.2, 0.25) is 0 Å². The van der Waals surface area contributed by atoms with E-state index in [-0.39, 0.29) is 6.61 Å². The summed E-state index contributed by atoms with van der Waals surface area (Å²) in [7, 11) is 1.58. The maximum atomic E-state index is 11.6. The van der Waals surface area contributed by atoms with E-state index < -0.39 is 17.9 Å². The van der Waals surface area contributed by atoms with E-state index in [0.29, 0.717) is 12.3 Å². The van der Waals surface area contributed by atoms with E-state index in [9.17, 15) is 9.59 Å². The van der Waals surface area contributed by atoms with Crippen molar-refractivity contribution in [2.75, 3.05) is 19.0 Å². The number of anilines is 1. The lowest BCUT2D eigenvalue weighted by Crippen LogP contribution is -2.42. The van der Waals surface area contributed by atoms with Crippen LogP contribution >= 0.6 is 0 Å². The summed E-state index contributed by atoms with van der Waals surface area (Å²) in [4.78, 5) is 23.1. The second-order valence-electron chi connectivity index (χ2n) is 4.14. The maximum absolute atomic E-state index is 11.6. The smallest absolute Gasteiger partial charge is 0.313 e. The van der Waals surface area contributed by atoms with Crippen molar-refractivity contribution in [1.29, 1.82) is 0 Å². The number of nitrogens with one attached hydrogen (secondary N) is 2. The zero-order valence-electron chi connectivity index (χ0n) is 11.0. The first-order valence-corrected chi connectivity index (χ1v) is 5.87. The Morgan fingerprint density at radius 1 is 1.37 bits per heavy atom. The summed E-state index contributed by atoms with van der Waals surface area (Å²) in [6.45, 7) is 1.81. The Labute approximate surface area is 111 Å². The van der Waals surface area contributed by atoms with Crippen LogP contribution in [-0.4, -0.2) is 36.7 Å². The van der Waals surface area contributed by atoms with E-state index in [2.05, 4.69) is 10.6 Å². The van der Waals surface area contributed by atoms with E-state index >= 15 is 0 Å². The standard InChI is InChI=1S/C13H18N2O4/c1-9(7-16)14-12(17)13(18)15-11-5-3-4-10(6-11)8-19-2/h3-6,9,16H,7-8H2,1-2H3,(H,14,17)(H,15,18). The quantitative estimate of drug-likeness (QED) is 0.667. The summed E-state index contributed by atoms with van der Waals surface area (Å²) >= 11 is 0. The zero-order chi connectivity index (χ0) is 14.3. The number of rotatable bonds is 5. The van der Waals surface area contributed by atoms with Crippen LogP contribution in [-0.2, 0) is 20.9 Å². The molecule has 1 aromatic rings. The Morgan fingerprint density at radius 3 is 2.74 bits per heavy atom. The number of aliphatic hydroxyl groups excluding tert-OH is 1. The Balaban J connectivity index is 2.61. The third-order valence-electron chi connectivity index (χ3n) is 2.35. The van der Waals surface area contributed by atoms with E-state index in [4.69, 9.17) is 9.84 Å². The molecule has 0 aromatic heterocycles. The van der Waals surface area contributed by atoms with Crippen molar-refractivity contribution in [1.82, 2.24) is 5.32 Å². The molecule has 1 rings (SSSR count). The Bertz CT molecular complexity index is 448. The molecule has 19 heavy (non-hydrogen) atoms. The summed E-state index contributed by atoms with van der Waals surface area (Å²) in [5.41, 5.74) is 1.41. The number of carbonyl (C=O) groups is 2. The fraction of sp³-hybridized carbons (Fsp3) is 0.385.